The van der Waals surface area contributed by atoms with Crippen LogP contribution in [0, 0.1) is 0 Å². The molecule has 0 fully saturated rings. The highest BCUT2D eigenvalue weighted by Gasteiger charge is 2.11. The van der Waals surface area contributed by atoms with Gasteiger partial charge >= 0.3 is 6.09 Å². The molecule has 0 aliphatic rings. The minimum atomic E-state index is -1.24. The predicted molar refractivity (Wildman–Crippen MR) is 58.3 cm³/mol. The van der Waals surface area contributed by atoms with E-state index in [4.69, 9.17) is 10.8 Å². The normalized spacial score (nSPS) is 10.2. The Bertz CT molecular complexity index is 580. The number of aromatic nitrogens is 2. The van der Waals surface area contributed by atoms with E-state index in [1.165, 1.54) is 6.07 Å². The van der Waals surface area contributed by atoms with Crippen molar-refractivity contribution < 1.29 is 9.90 Å². The van der Waals surface area contributed by atoms with Crippen LogP contribution in [-0.4, -0.2) is 21.0 Å². The molecule has 4 N–H and O–H groups in total. The number of hydrogen-bond donors (Lipinski definition) is 3. The maximum Gasteiger partial charge on any atom is 0.431 e. The van der Waals surface area contributed by atoms with E-state index in [-0.39, 0.29) is 5.69 Å². The van der Waals surface area contributed by atoms with Gasteiger partial charge < -0.3 is 10.8 Å². The number of rotatable bonds is 1. The van der Waals surface area contributed by atoms with Crippen molar-refractivity contribution in [3.63, 3.8) is 0 Å². The van der Waals surface area contributed by atoms with E-state index in [1.54, 1.807) is 24.3 Å². The molecule has 2 aromatic rings. The number of nitrogens with two attached hydrogens (primary N) is 1. The predicted octanol–water partition coefficient (Wildman–Crippen LogP) is 0.952. The van der Waals surface area contributed by atoms with Gasteiger partial charge in [-0.15, -0.1) is 0 Å². The Hall–Kier alpha value is -2.50. The van der Waals surface area contributed by atoms with Crippen molar-refractivity contribution in [3.05, 3.63) is 40.7 Å². The summed E-state index contributed by atoms with van der Waals surface area (Å²) >= 11 is 0. The van der Waals surface area contributed by atoms with E-state index in [9.17, 15) is 9.59 Å². The lowest BCUT2D eigenvalue weighted by Crippen LogP contribution is -2.13. The highest BCUT2D eigenvalue weighted by Crippen LogP contribution is 2.18. The van der Waals surface area contributed by atoms with E-state index in [0.29, 0.717) is 11.3 Å². The van der Waals surface area contributed by atoms with Gasteiger partial charge in [0.25, 0.3) is 5.56 Å². The van der Waals surface area contributed by atoms with Gasteiger partial charge in [0.15, 0.2) is 0 Å². The Kier molecular flexibility index (Phi) is 2.24. The summed E-state index contributed by atoms with van der Waals surface area (Å²) in [5.74, 6) is 0. The molecule has 0 radical (unpaired) electrons. The third kappa shape index (κ3) is 1.68. The van der Waals surface area contributed by atoms with Crippen LogP contribution < -0.4 is 11.3 Å². The molecule has 0 aliphatic carbocycles. The van der Waals surface area contributed by atoms with Crippen LogP contribution in [0.5, 0.6) is 0 Å². The van der Waals surface area contributed by atoms with Crippen molar-refractivity contribution in [3.8, 4) is 11.3 Å². The average molecular weight is 219 g/mol. The van der Waals surface area contributed by atoms with Gasteiger partial charge in [0.1, 0.15) is 0 Å². The summed E-state index contributed by atoms with van der Waals surface area (Å²) in [6.45, 7) is 0. The van der Waals surface area contributed by atoms with Crippen molar-refractivity contribution in [1.82, 2.24) is 9.78 Å². The summed E-state index contributed by atoms with van der Waals surface area (Å²) in [6.07, 6.45) is -1.24. The van der Waals surface area contributed by atoms with Gasteiger partial charge in [0.2, 0.25) is 0 Å². The lowest BCUT2D eigenvalue weighted by Gasteiger charge is -2.02. The third-order valence-electron chi connectivity index (χ3n) is 2.13. The SMILES string of the molecule is Nc1ccc(-c2cc(=O)[nH]n2C(=O)O)cc1. The van der Waals surface area contributed by atoms with Crippen LogP contribution in [-0.2, 0) is 0 Å². The fourth-order valence-electron chi connectivity index (χ4n) is 1.41. The molecule has 0 unspecified atom stereocenters. The average Bonchev–Trinajstić information content (AvgIpc) is 2.61. The zero-order chi connectivity index (χ0) is 11.7. The van der Waals surface area contributed by atoms with Crippen molar-refractivity contribution in [1.29, 1.82) is 0 Å². The van der Waals surface area contributed by atoms with Crippen LogP contribution in [0.15, 0.2) is 35.1 Å². The van der Waals surface area contributed by atoms with Crippen molar-refractivity contribution >= 4 is 11.8 Å². The maximum atomic E-state index is 11.1. The molecule has 1 aromatic heterocycles. The molecule has 2 rings (SSSR count). The molecule has 6 nitrogen and oxygen atoms in total. The quantitative estimate of drug-likeness (QED) is 0.621. The van der Waals surface area contributed by atoms with Gasteiger partial charge in [-0.3, -0.25) is 9.89 Å². The highest BCUT2D eigenvalue weighted by molar-refractivity contribution is 5.75. The summed E-state index contributed by atoms with van der Waals surface area (Å²) < 4.78 is 0.772. The summed E-state index contributed by atoms with van der Waals surface area (Å²) in [7, 11) is 0. The smallest absolute Gasteiger partial charge is 0.431 e. The number of nitrogens with zero attached hydrogens (tertiary/aromatic N) is 1. The van der Waals surface area contributed by atoms with Gasteiger partial charge in [0.05, 0.1) is 5.69 Å². The standard InChI is InChI=1S/C10H9N3O3/c11-7-3-1-6(2-4-7)8-5-9(14)12-13(8)10(15)16/h1-5H,11H2,(H,12,14)(H,15,16). The van der Waals surface area contributed by atoms with Gasteiger partial charge in [-0.25, -0.2) is 4.79 Å². The largest absolute Gasteiger partial charge is 0.463 e. The van der Waals surface area contributed by atoms with Crippen LogP contribution in [0.3, 0.4) is 0 Å². The second-order valence-electron chi connectivity index (χ2n) is 3.25. The monoisotopic (exact) mass is 219 g/mol. The highest BCUT2D eigenvalue weighted by atomic mass is 16.4. The Balaban J connectivity index is 2.59. The fourth-order valence-corrected chi connectivity index (χ4v) is 1.41. The summed E-state index contributed by atoms with van der Waals surface area (Å²) in [5, 5.41) is 11.1. The molecule has 0 amide bonds. The first kappa shape index (κ1) is 10.0. The number of nitrogens with one attached hydrogen (secondary N) is 1. The van der Waals surface area contributed by atoms with Crippen LogP contribution in [0.2, 0.25) is 0 Å². The number of benzene rings is 1. The fraction of sp³-hybridized carbons (Fsp3) is 0. The van der Waals surface area contributed by atoms with Gasteiger partial charge in [-0.2, -0.15) is 4.68 Å². The lowest BCUT2D eigenvalue weighted by molar-refractivity contribution is 0.193. The summed E-state index contributed by atoms with van der Waals surface area (Å²) in [5.41, 5.74) is 6.52. The first-order valence-electron chi connectivity index (χ1n) is 4.49. The first-order chi connectivity index (χ1) is 7.58. The molecular weight excluding hydrogens is 210 g/mol. The Labute approximate surface area is 89.9 Å². The molecule has 0 aliphatic heterocycles. The summed E-state index contributed by atoms with van der Waals surface area (Å²) in [6, 6.07) is 7.80. The third-order valence-corrected chi connectivity index (χ3v) is 2.13. The lowest BCUT2D eigenvalue weighted by atomic mass is 10.1. The molecule has 1 aromatic carbocycles. The van der Waals surface area contributed by atoms with Crippen LogP contribution >= 0.6 is 0 Å². The van der Waals surface area contributed by atoms with Crippen LogP contribution in [0.4, 0.5) is 10.5 Å². The molecule has 0 spiro atoms. The number of carboxylic acid groups (broad SMARTS) is 1. The van der Waals surface area contributed by atoms with Gasteiger partial charge in [0, 0.05) is 17.3 Å². The number of anilines is 1. The zero-order valence-corrected chi connectivity index (χ0v) is 8.18. The van der Waals surface area contributed by atoms with E-state index >= 15 is 0 Å². The molecule has 0 saturated carbocycles. The molecule has 0 atom stereocenters. The minimum Gasteiger partial charge on any atom is -0.463 e. The Morgan fingerprint density at radius 1 is 1.31 bits per heavy atom. The second kappa shape index (κ2) is 3.58. The molecule has 1 heterocycles. The van der Waals surface area contributed by atoms with Gasteiger partial charge in [-0.05, 0) is 12.1 Å². The number of nitrogen functional groups attached to an aromatic ring is 1. The van der Waals surface area contributed by atoms with Crippen molar-refractivity contribution in [2.75, 3.05) is 5.73 Å². The zero-order valence-electron chi connectivity index (χ0n) is 8.18. The van der Waals surface area contributed by atoms with E-state index in [0.717, 1.165) is 4.68 Å². The second-order valence-corrected chi connectivity index (χ2v) is 3.25. The number of H-pyrrole nitrogens is 1. The van der Waals surface area contributed by atoms with Crippen molar-refractivity contribution in [2.24, 2.45) is 0 Å². The maximum absolute atomic E-state index is 11.1. The number of hydrogen-bond acceptors (Lipinski definition) is 3. The number of aromatic amines is 1. The molecule has 6 heteroatoms. The molecular formula is C10H9N3O3. The molecule has 0 saturated heterocycles. The summed E-state index contributed by atoms with van der Waals surface area (Å²) in [4.78, 5) is 21.9. The molecule has 16 heavy (non-hydrogen) atoms. The Morgan fingerprint density at radius 3 is 2.50 bits per heavy atom. The van der Waals surface area contributed by atoms with E-state index < -0.39 is 11.7 Å². The van der Waals surface area contributed by atoms with E-state index in [2.05, 4.69) is 5.10 Å². The topological polar surface area (TPSA) is 101 Å². The van der Waals surface area contributed by atoms with Crippen LogP contribution in [0.25, 0.3) is 11.3 Å². The Morgan fingerprint density at radius 2 is 1.94 bits per heavy atom. The molecule has 82 valence electrons. The molecule has 0 bridgehead atoms. The minimum absolute atomic E-state index is 0.289. The number of carbonyl (C=O) groups is 1. The van der Waals surface area contributed by atoms with E-state index in [1.807, 2.05) is 0 Å². The van der Waals surface area contributed by atoms with Crippen molar-refractivity contribution in [2.45, 2.75) is 0 Å². The van der Waals surface area contributed by atoms with Crippen LogP contribution in [0.1, 0.15) is 0 Å². The van der Waals surface area contributed by atoms with Gasteiger partial charge in [-0.1, -0.05) is 12.1 Å². The first-order valence-corrected chi connectivity index (χ1v) is 4.49.